The summed E-state index contributed by atoms with van der Waals surface area (Å²) in [6, 6.07) is 10.9. The van der Waals surface area contributed by atoms with Crippen LogP contribution in [0.15, 0.2) is 36.4 Å². The van der Waals surface area contributed by atoms with Crippen LogP contribution >= 0.6 is 11.3 Å². The third-order valence-corrected chi connectivity index (χ3v) is 5.13. The number of aromatic nitrogens is 1. The van der Waals surface area contributed by atoms with Crippen molar-refractivity contribution in [3.8, 4) is 0 Å². The van der Waals surface area contributed by atoms with Gasteiger partial charge in [0.1, 0.15) is 9.71 Å². The summed E-state index contributed by atoms with van der Waals surface area (Å²) in [5, 5.41) is 3.69. The quantitative estimate of drug-likeness (QED) is 0.674. The second-order valence-electron chi connectivity index (χ2n) is 5.84. The minimum atomic E-state index is -0.367. The van der Waals surface area contributed by atoms with E-state index in [0.29, 0.717) is 29.1 Å². The molecule has 3 aromatic rings. The number of fused-ring (bicyclic) bond motifs is 1. The van der Waals surface area contributed by atoms with Crippen molar-refractivity contribution in [1.29, 1.82) is 0 Å². The molecule has 2 heterocycles. The Morgan fingerprint density at radius 2 is 1.92 bits per heavy atom. The SMILES string of the molecule is COC(=O)c1ccc(CCNC(=O)c2sc3nc(C)ccc3c2N)cc1. The van der Waals surface area contributed by atoms with E-state index in [1.54, 1.807) is 12.1 Å². The number of carbonyl (C=O) groups is 2. The van der Waals surface area contributed by atoms with Crippen molar-refractivity contribution in [2.24, 2.45) is 0 Å². The van der Waals surface area contributed by atoms with Crippen LogP contribution in [0.2, 0.25) is 0 Å². The minimum Gasteiger partial charge on any atom is -0.465 e. The lowest BCUT2D eigenvalue weighted by Crippen LogP contribution is -2.25. The third kappa shape index (κ3) is 3.67. The molecule has 2 aromatic heterocycles. The number of nitrogens with zero attached hydrogens (tertiary/aromatic N) is 1. The molecule has 0 bridgehead atoms. The van der Waals surface area contributed by atoms with E-state index in [0.717, 1.165) is 21.5 Å². The predicted octanol–water partition coefficient (Wildman–Crippen LogP) is 2.95. The van der Waals surface area contributed by atoms with E-state index >= 15 is 0 Å². The van der Waals surface area contributed by atoms with Gasteiger partial charge in [0.25, 0.3) is 5.91 Å². The Hall–Kier alpha value is -2.93. The predicted molar refractivity (Wildman–Crippen MR) is 103 cm³/mol. The van der Waals surface area contributed by atoms with Gasteiger partial charge in [0, 0.05) is 17.6 Å². The van der Waals surface area contributed by atoms with E-state index in [9.17, 15) is 9.59 Å². The van der Waals surface area contributed by atoms with E-state index in [1.807, 2.05) is 31.2 Å². The molecule has 1 amide bonds. The number of hydrogen-bond donors (Lipinski definition) is 2. The standard InChI is InChI=1S/C19H19N3O3S/c1-11-3-8-14-15(20)16(26-18(14)22-11)17(23)21-10-9-12-4-6-13(7-5-12)19(24)25-2/h3-8H,9-10,20H2,1-2H3,(H,21,23). The number of nitrogens with one attached hydrogen (secondary N) is 1. The maximum atomic E-state index is 12.4. The number of ether oxygens (including phenoxy) is 1. The Balaban J connectivity index is 1.62. The fraction of sp³-hybridized carbons (Fsp3) is 0.211. The summed E-state index contributed by atoms with van der Waals surface area (Å²) in [5.41, 5.74) is 8.97. The van der Waals surface area contributed by atoms with Crippen LogP contribution < -0.4 is 11.1 Å². The lowest BCUT2D eigenvalue weighted by atomic mass is 10.1. The van der Waals surface area contributed by atoms with Crippen LogP contribution in [0.3, 0.4) is 0 Å². The number of pyridine rings is 1. The van der Waals surface area contributed by atoms with Crippen molar-refractivity contribution in [3.63, 3.8) is 0 Å². The fourth-order valence-corrected chi connectivity index (χ4v) is 3.64. The van der Waals surface area contributed by atoms with E-state index < -0.39 is 0 Å². The van der Waals surface area contributed by atoms with Crippen molar-refractivity contribution >= 4 is 39.1 Å². The molecule has 3 N–H and O–H groups in total. The highest BCUT2D eigenvalue weighted by molar-refractivity contribution is 7.21. The van der Waals surface area contributed by atoms with Gasteiger partial charge in [0.15, 0.2) is 0 Å². The number of amides is 1. The van der Waals surface area contributed by atoms with Crippen molar-refractivity contribution in [2.75, 3.05) is 19.4 Å². The van der Waals surface area contributed by atoms with E-state index in [1.165, 1.54) is 18.4 Å². The van der Waals surface area contributed by atoms with Crippen LogP contribution in [-0.4, -0.2) is 30.5 Å². The molecule has 0 saturated carbocycles. The maximum absolute atomic E-state index is 12.4. The van der Waals surface area contributed by atoms with Gasteiger partial charge in [-0.05, 0) is 43.2 Å². The van der Waals surface area contributed by atoms with Gasteiger partial charge in [-0.3, -0.25) is 4.79 Å². The minimum absolute atomic E-state index is 0.200. The Morgan fingerprint density at radius 1 is 1.19 bits per heavy atom. The second-order valence-corrected chi connectivity index (χ2v) is 6.84. The van der Waals surface area contributed by atoms with Gasteiger partial charge in [-0.15, -0.1) is 11.3 Å². The number of anilines is 1. The van der Waals surface area contributed by atoms with Gasteiger partial charge in [-0.2, -0.15) is 0 Å². The molecule has 0 atom stereocenters. The lowest BCUT2D eigenvalue weighted by Gasteiger charge is -2.05. The van der Waals surface area contributed by atoms with Crippen LogP contribution in [0.4, 0.5) is 5.69 Å². The molecule has 1 aromatic carbocycles. The number of aryl methyl sites for hydroxylation is 1. The Bertz CT molecular complexity index is 964. The van der Waals surface area contributed by atoms with E-state index in [4.69, 9.17) is 5.73 Å². The zero-order valence-electron chi connectivity index (χ0n) is 14.5. The molecule has 0 fully saturated rings. The number of thiophene rings is 1. The highest BCUT2D eigenvalue weighted by atomic mass is 32.1. The van der Waals surface area contributed by atoms with Crippen molar-refractivity contribution in [2.45, 2.75) is 13.3 Å². The second kappa shape index (κ2) is 7.53. The molecule has 26 heavy (non-hydrogen) atoms. The Labute approximate surface area is 155 Å². The largest absolute Gasteiger partial charge is 0.465 e. The first-order valence-corrected chi connectivity index (χ1v) is 8.92. The number of rotatable bonds is 5. The molecule has 0 unspecified atom stereocenters. The Kier molecular flexibility index (Phi) is 5.18. The van der Waals surface area contributed by atoms with E-state index in [-0.39, 0.29) is 11.9 Å². The van der Waals surface area contributed by atoms with Crippen LogP contribution in [0.5, 0.6) is 0 Å². The highest BCUT2D eigenvalue weighted by Crippen LogP contribution is 2.32. The summed E-state index contributed by atoms with van der Waals surface area (Å²) in [5.74, 6) is -0.566. The molecule has 3 rings (SSSR count). The van der Waals surface area contributed by atoms with Gasteiger partial charge in [-0.1, -0.05) is 12.1 Å². The van der Waals surface area contributed by atoms with Gasteiger partial charge in [0.05, 0.1) is 18.4 Å². The summed E-state index contributed by atoms with van der Waals surface area (Å²) in [6.07, 6.45) is 0.648. The monoisotopic (exact) mass is 369 g/mol. The summed E-state index contributed by atoms with van der Waals surface area (Å²) < 4.78 is 4.67. The molecule has 7 heteroatoms. The fourth-order valence-electron chi connectivity index (χ4n) is 2.58. The third-order valence-electron chi connectivity index (χ3n) is 4.01. The van der Waals surface area contributed by atoms with Crippen molar-refractivity contribution < 1.29 is 14.3 Å². The van der Waals surface area contributed by atoms with Crippen LogP contribution in [0.1, 0.15) is 31.3 Å². The molecule has 6 nitrogen and oxygen atoms in total. The zero-order valence-corrected chi connectivity index (χ0v) is 15.4. The average Bonchev–Trinajstić information content (AvgIpc) is 2.97. The molecule has 0 spiro atoms. The Morgan fingerprint density at radius 3 is 2.62 bits per heavy atom. The summed E-state index contributed by atoms with van der Waals surface area (Å²) in [6.45, 7) is 2.37. The van der Waals surface area contributed by atoms with Crippen LogP contribution in [0, 0.1) is 6.92 Å². The van der Waals surface area contributed by atoms with Crippen molar-refractivity contribution in [3.05, 3.63) is 58.1 Å². The number of esters is 1. The topological polar surface area (TPSA) is 94.3 Å². The summed E-state index contributed by atoms with van der Waals surface area (Å²) >= 11 is 1.30. The zero-order chi connectivity index (χ0) is 18.7. The normalized spacial score (nSPS) is 10.7. The molecule has 0 saturated heterocycles. The van der Waals surface area contributed by atoms with Gasteiger partial charge < -0.3 is 15.8 Å². The summed E-state index contributed by atoms with van der Waals surface area (Å²) in [4.78, 5) is 29.5. The van der Waals surface area contributed by atoms with Crippen molar-refractivity contribution in [1.82, 2.24) is 10.3 Å². The molecular formula is C19H19N3O3S. The molecular weight excluding hydrogens is 350 g/mol. The molecule has 0 aliphatic heterocycles. The number of hydrogen-bond acceptors (Lipinski definition) is 6. The van der Waals surface area contributed by atoms with Gasteiger partial charge >= 0.3 is 5.97 Å². The van der Waals surface area contributed by atoms with Crippen LogP contribution in [0.25, 0.3) is 10.2 Å². The molecule has 134 valence electrons. The number of nitrogens with two attached hydrogens (primary N) is 1. The van der Waals surface area contributed by atoms with E-state index in [2.05, 4.69) is 15.0 Å². The molecule has 0 aliphatic rings. The first-order chi connectivity index (χ1) is 12.5. The summed E-state index contributed by atoms with van der Waals surface area (Å²) in [7, 11) is 1.35. The number of methoxy groups -OCH3 is 1. The number of nitrogen functional groups attached to an aromatic ring is 1. The smallest absolute Gasteiger partial charge is 0.337 e. The molecule has 0 aliphatic carbocycles. The molecule has 0 radical (unpaired) electrons. The highest BCUT2D eigenvalue weighted by Gasteiger charge is 2.16. The first kappa shape index (κ1) is 17.9. The number of benzene rings is 1. The van der Waals surface area contributed by atoms with Crippen LogP contribution in [-0.2, 0) is 11.2 Å². The first-order valence-electron chi connectivity index (χ1n) is 8.10. The lowest BCUT2D eigenvalue weighted by molar-refractivity contribution is 0.0600. The van der Waals surface area contributed by atoms with Gasteiger partial charge in [-0.25, -0.2) is 9.78 Å². The number of carbonyl (C=O) groups excluding carboxylic acids is 2. The maximum Gasteiger partial charge on any atom is 0.337 e. The average molecular weight is 369 g/mol. The van der Waals surface area contributed by atoms with Gasteiger partial charge in [0.2, 0.25) is 0 Å².